The van der Waals surface area contributed by atoms with E-state index >= 15 is 0 Å². The van der Waals surface area contributed by atoms with Crippen LogP contribution in [-0.2, 0) is 11.3 Å². The number of fused-ring (bicyclic) bond motifs is 1. The van der Waals surface area contributed by atoms with Gasteiger partial charge in [0.05, 0.1) is 21.7 Å². The van der Waals surface area contributed by atoms with Gasteiger partial charge in [-0.3, -0.25) is 15.1 Å². The lowest BCUT2D eigenvalue weighted by Gasteiger charge is -2.10. The molecule has 0 amide bonds. The lowest BCUT2D eigenvalue weighted by Crippen LogP contribution is -2.07. The van der Waals surface area contributed by atoms with E-state index in [4.69, 9.17) is 4.74 Å². The van der Waals surface area contributed by atoms with Crippen LogP contribution in [0.4, 0.5) is 5.69 Å². The Morgan fingerprint density at radius 2 is 1.83 bits per heavy atom. The molecule has 0 unspecified atom stereocenters. The molecule has 142 valence electrons. The second-order valence-electron chi connectivity index (χ2n) is 6.31. The molecule has 0 saturated carbocycles. The molecule has 0 saturated heterocycles. The van der Waals surface area contributed by atoms with E-state index in [1.54, 1.807) is 36.7 Å². The zero-order chi connectivity index (χ0) is 20.2. The maximum Gasteiger partial charge on any atom is 0.339 e. The van der Waals surface area contributed by atoms with E-state index in [0.29, 0.717) is 27.7 Å². The van der Waals surface area contributed by atoms with E-state index in [2.05, 4.69) is 9.97 Å². The molecule has 2 aromatic carbocycles. The van der Waals surface area contributed by atoms with Gasteiger partial charge in [-0.1, -0.05) is 18.2 Å². The number of rotatable bonds is 5. The largest absolute Gasteiger partial charge is 0.457 e. The van der Waals surface area contributed by atoms with E-state index in [9.17, 15) is 14.9 Å². The number of pyridine rings is 2. The van der Waals surface area contributed by atoms with Gasteiger partial charge in [0.1, 0.15) is 6.61 Å². The van der Waals surface area contributed by atoms with Gasteiger partial charge in [0.25, 0.3) is 5.69 Å². The summed E-state index contributed by atoms with van der Waals surface area (Å²) < 4.78 is 5.46. The van der Waals surface area contributed by atoms with E-state index < -0.39 is 10.9 Å². The number of nitrogens with zero attached hydrogens (tertiary/aromatic N) is 3. The van der Waals surface area contributed by atoms with Gasteiger partial charge < -0.3 is 4.74 Å². The van der Waals surface area contributed by atoms with Crippen LogP contribution in [0.5, 0.6) is 0 Å². The Kier molecular flexibility index (Phi) is 4.94. The number of nitro groups is 1. The zero-order valence-corrected chi connectivity index (χ0v) is 15.2. The molecule has 0 aliphatic heterocycles. The highest BCUT2D eigenvalue weighted by Crippen LogP contribution is 2.25. The normalized spacial score (nSPS) is 10.6. The molecule has 0 bridgehead atoms. The van der Waals surface area contributed by atoms with E-state index in [1.165, 1.54) is 12.1 Å². The molecule has 2 aromatic heterocycles. The van der Waals surface area contributed by atoms with Gasteiger partial charge in [-0.2, -0.15) is 0 Å². The molecule has 0 atom stereocenters. The average Bonchev–Trinajstić information content (AvgIpc) is 2.77. The summed E-state index contributed by atoms with van der Waals surface area (Å²) in [6, 6.07) is 18.6. The van der Waals surface area contributed by atoms with Crippen molar-refractivity contribution in [1.29, 1.82) is 0 Å². The third-order valence-corrected chi connectivity index (χ3v) is 4.41. The van der Waals surface area contributed by atoms with Crippen LogP contribution in [0.25, 0.3) is 22.2 Å². The summed E-state index contributed by atoms with van der Waals surface area (Å²) in [5.41, 5.74) is 3.14. The highest BCUT2D eigenvalue weighted by atomic mass is 16.6. The van der Waals surface area contributed by atoms with Crippen LogP contribution >= 0.6 is 0 Å². The number of benzene rings is 2. The summed E-state index contributed by atoms with van der Waals surface area (Å²) in [5.74, 6) is -0.493. The predicted octanol–water partition coefficient (Wildman–Crippen LogP) is 4.56. The Morgan fingerprint density at radius 3 is 2.55 bits per heavy atom. The quantitative estimate of drug-likeness (QED) is 0.284. The van der Waals surface area contributed by atoms with Crippen molar-refractivity contribution in [1.82, 2.24) is 9.97 Å². The van der Waals surface area contributed by atoms with E-state index in [0.717, 1.165) is 5.56 Å². The summed E-state index contributed by atoms with van der Waals surface area (Å²) in [6.45, 7) is 0.00963. The van der Waals surface area contributed by atoms with Crippen molar-refractivity contribution in [2.24, 2.45) is 0 Å². The van der Waals surface area contributed by atoms with Gasteiger partial charge in [0, 0.05) is 35.5 Å². The number of esters is 1. The number of aromatic nitrogens is 2. The van der Waals surface area contributed by atoms with Crippen molar-refractivity contribution < 1.29 is 14.5 Å². The first-order valence-corrected chi connectivity index (χ1v) is 8.82. The van der Waals surface area contributed by atoms with E-state index in [-0.39, 0.29) is 12.3 Å². The van der Waals surface area contributed by atoms with Crippen LogP contribution in [0, 0.1) is 10.1 Å². The summed E-state index contributed by atoms with van der Waals surface area (Å²) in [5, 5.41) is 11.4. The van der Waals surface area contributed by atoms with Crippen LogP contribution in [0.1, 0.15) is 15.9 Å². The molecule has 7 heteroatoms. The highest BCUT2D eigenvalue weighted by Gasteiger charge is 2.16. The van der Waals surface area contributed by atoms with Gasteiger partial charge in [-0.25, -0.2) is 9.78 Å². The van der Waals surface area contributed by atoms with Gasteiger partial charge in [-0.05, 0) is 42.0 Å². The molecule has 0 radical (unpaired) electrons. The molecule has 29 heavy (non-hydrogen) atoms. The molecule has 0 aliphatic rings. The second-order valence-corrected chi connectivity index (χ2v) is 6.31. The number of hydrogen-bond acceptors (Lipinski definition) is 6. The number of non-ortho nitro benzene ring substituents is 1. The number of nitro benzene ring substituents is 1. The Labute approximate surface area is 165 Å². The molecule has 0 aliphatic carbocycles. The molecule has 4 aromatic rings. The second kappa shape index (κ2) is 7.85. The summed E-state index contributed by atoms with van der Waals surface area (Å²) in [4.78, 5) is 31.8. The van der Waals surface area contributed by atoms with Crippen LogP contribution < -0.4 is 0 Å². The minimum Gasteiger partial charge on any atom is -0.457 e. The number of carbonyl (C=O) groups excluding carboxylic acids is 1. The van der Waals surface area contributed by atoms with Crippen LogP contribution in [0.3, 0.4) is 0 Å². The Balaban J connectivity index is 1.63. The SMILES string of the molecule is O=C(OCc1ccc([N+](=O)[O-])cc1)c1cc(-c2cccnc2)nc2ccccc12. The standard InChI is InChI=1S/C22H15N3O4/c26-22(29-14-15-7-9-17(10-8-15)25(27)28)19-12-21(16-4-3-11-23-13-16)24-20-6-2-1-5-18(19)20/h1-13H,14H2. The van der Waals surface area contributed by atoms with Crippen molar-refractivity contribution in [3.8, 4) is 11.3 Å². The molecule has 0 spiro atoms. The fourth-order valence-corrected chi connectivity index (χ4v) is 2.95. The zero-order valence-electron chi connectivity index (χ0n) is 15.2. The van der Waals surface area contributed by atoms with Crippen LogP contribution in [0.2, 0.25) is 0 Å². The first-order valence-electron chi connectivity index (χ1n) is 8.82. The van der Waals surface area contributed by atoms with Crippen molar-refractivity contribution in [3.63, 3.8) is 0 Å². The molecule has 2 heterocycles. The summed E-state index contributed by atoms with van der Waals surface area (Å²) >= 11 is 0. The van der Waals surface area contributed by atoms with Gasteiger partial charge >= 0.3 is 5.97 Å². The van der Waals surface area contributed by atoms with Crippen molar-refractivity contribution in [2.75, 3.05) is 0 Å². The fraction of sp³-hybridized carbons (Fsp3) is 0.0455. The first-order chi connectivity index (χ1) is 14.1. The number of ether oxygens (including phenoxy) is 1. The molecule has 0 N–H and O–H groups in total. The van der Waals surface area contributed by atoms with Gasteiger partial charge in [0.2, 0.25) is 0 Å². The van der Waals surface area contributed by atoms with Crippen molar-refractivity contribution >= 4 is 22.6 Å². The summed E-state index contributed by atoms with van der Waals surface area (Å²) in [6.07, 6.45) is 3.35. The Hall–Kier alpha value is -4.13. The van der Waals surface area contributed by atoms with Crippen molar-refractivity contribution in [3.05, 3.63) is 100 Å². The minimum absolute atomic E-state index is 0.00963. The van der Waals surface area contributed by atoms with E-state index in [1.807, 2.05) is 30.3 Å². The third kappa shape index (κ3) is 3.93. The predicted molar refractivity (Wildman–Crippen MR) is 107 cm³/mol. The maximum absolute atomic E-state index is 12.8. The molecular formula is C22H15N3O4. The lowest BCUT2D eigenvalue weighted by molar-refractivity contribution is -0.384. The fourth-order valence-electron chi connectivity index (χ4n) is 2.95. The molecular weight excluding hydrogens is 370 g/mol. The number of hydrogen-bond donors (Lipinski definition) is 0. The van der Waals surface area contributed by atoms with Crippen molar-refractivity contribution in [2.45, 2.75) is 6.61 Å². The Bertz CT molecular complexity index is 1190. The maximum atomic E-state index is 12.8. The third-order valence-electron chi connectivity index (χ3n) is 4.41. The highest BCUT2D eigenvalue weighted by molar-refractivity contribution is 6.04. The minimum atomic E-state index is -0.493. The van der Waals surface area contributed by atoms with Crippen LogP contribution in [0.15, 0.2) is 79.1 Å². The topological polar surface area (TPSA) is 95.2 Å². The monoisotopic (exact) mass is 385 g/mol. The lowest BCUT2D eigenvalue weighted by atomic mass is 10.1. The van der Waals surface area contributed by atoms with Crippen LogP contribution in [-0.4, -0.2) is 20.9 Å². The average molecular weight is 385 g/mol. The molecule has 7 nitrogen and oxygen atoms in total. The number of para-hydroxylation sites is 1. The Morgan fingerprint density at radius 1 is 1.03 bits per heavy atom. The smallest absolute Gasteiger partial charge is 0.339 e. The summed E-state index contributed by atoms with van der Waals surface area (Å²) in [7, 11) is 0. The first kappa shape index (κ1) is 18.2. The molecule has 0 fully saturated rings. The van der Waals surface area contributed by atoms with Gasteiger partial charge in [-0.15, -0.1) is 0 Å². The number of carbonyl (C=O) groups is 1. The molecule has 4 rings (SSSR count). The van der Waals surface area contributed by atoms with Gasteiger partial charge in [0.15, 0.2) is 0 Å².